The molecule has 190 valence electrons. The van der Waals surface area contributed by atoms with Crippen LogP contribution in [0.5, 0.6) is 0 Å². The van der Waals surface area contributed by atoms with E-state index in [1.54, 1.807) is 60.7 Å². The molecule has 7 nitrogen and oxygen atoms in total. The molecule has 3 aromatic rings. The first-order valence-electron chi connectivity index (χ1n) is 12.0. The molecular formula is C28H33N3O4S. The molecule has 0 aliphatic heterocycles. The number of hydrogen-bond donors (Lipinski definition) is 2. The number of aryl methyl sites for hydroxylation is 2. The normalized spacial score (nSPS) is 12.0. The maximum Gasteiger partial charge on any atom is 0.264 e. The Morgan fingerprint density at radius 3 is 2.22 bits per heavy atom. The van der Waals surface area contributed by atoms with Gasteiger partial charge in [-0.2, -0.15) is 0 Å². The van der Waals surface area contributed by atoms with Gasteiger partial charge < -0.3 is 10.6 Å². The zero-order valence-corrected chi connectivity index (χ0v) is 21.9. The van der Waals surface area contributed by atoms with E-state index in [1.165, 1.54) is 0 Å². The van der Waals surface area contributed by atoms with Crippen molar-refractivity contribution in [2.45, 2.75) is 51.5 Å². The summed E-state index contributed by atoms with van der Waals surface area (Å²) in [6.45, 7) is 7.23. The average molecular weight is 508 g/mol. The lowest BCUT2D eigenvalue weighted by Gasteiger charge is -2.26. The molecule has 0 heterocycles. The number of nitrogens with zero attached hydrogens (tertiary/aromatic N) is 1. The SMILES string of the molecule is CCc1ccccc1N(CC(=O)Nc1ccccc1C(=O)N[C@H](C)CC)S(=O)(=O)c1ccc(C)cc1. The van der Waals surface area contributed by atoms with Crippen LogP contribution in [0.15, 0.2) is 77.7 Å². The second-order valence-electron chi connectivity index (χ2n) is 8.68. The van der Waals surface area contributed by atoms with Crippen LogP contribution in [0, 0.1) is 6.92 Å². The van der Waals surface area contributed by atoms with Gasteiger partial charge in [0, 0.05) is 6.04 Å². The molecule has 0 unspecified atom stereocenters. The highest BCUT2D eigenvalue weighted by Crippen LogP contribution is 2.28. The van der Waals surface area contributed by atoms with E-state index in [-0.39, 0.29) is 16.8 Å². The summed E-state index contributed by atoms with van der Waals surface area (Å²) >= 11 is 0. The molecule has 0 saturated carbocycles. The van der Waals surface area contributed by atoms with E-state index >= 15 is 0 Å². The highest BCUT2D eigenvalue weighted by Gasteiger charge is 2.29. The van der Waals surface area contributed by atoms with Gasteiger partial charge in [-0.3, -0.25) is 13.9 Å². The van der Waals surface area contributed by atoms with E-state index in [9.17, 15) is 18.0 Å². The monoisotopic (exact) mass is 507 g/mol. The standard InChI is InChI=1S/C28H33N3O4S/c1-5-21(4)29-28(33)24-12-8-9-13-25(24)30-27(32)19-31(26-14-10-7-11-22(26)6-2)36(34,35)23-17-15-20(3)16-18-23/h7-18,21H,5-6,19H2,1-4H3,(H,29,33)(H,30,32)/t21-/m1/s1. The molecule has 0 aliphatic carbocycles. The van der Waals surface area contributed by atoms with E-state index in [0.29, 0.717) is 23.4 Å². The third-order valence-electron chi connectivity index (χ3n) is 5.97. The smallest absolute Gasteiger partial charge is 0.264 e. The first kappa shape index (κ1) is 26.9. The quantitative estimate of drug-likeness (QED) is 0.407. The maximum atomic E-state index is 13.7. The zero-order chi connectivity index (χ0) is 26.3. The number of carbonyl (C=O) groups excluding carboxylic acids is 2. The van der Waals surface area contributed by atoms with Crippen molar-refractivity contribution in [1.29, 1.82) is 0 Å². The third kappa shape index (κ3) is 6.31. The number of carbonyl (C=O) groups is 2. The number of para-hydroxylation sites is 2. The van der Waals surface area contributed by atoms with Crippen molar-refractivity contribution in [3.8, 4) is 0 Å². The fourth-order valence-corrected chi connectivity index (χ4v) is 5.16. The second-order valence-corrected chi connectivity index (χ2v) is 10.5. The van der Waals surface area contributed by atoms with E-state index in [0.717, 1.165) is 21.9 Å². The molecule has 0 aromatic heterocycles. The van der Waals surface area contributed by atoms with Gasteiger partial charge in [-0.25, -0.2) is 8.42 Å². The molecule has 2 amide bonds. The summed E-state index contributed by atoms with van der Waals surface area (Å²) in [6.07, 6.45) is 1.36. The Morgan fingerprint density at radius 2 is 1.56 bits per heavy atom. The van der Waals surface area contributed by atoms with Crippen molar-refractivity contribution in [3.63, 3.8) is 0 Å². The summed E-state index contributed by atoms with van der Waals surface area (Å²) in [6, 6.07) is 20.3. The summed E-state index contributed by atoms with van der Waals surface area (Å²) in [4.78, 5) is 26.1. The number of sulfonamides is 1. The Hall–Kier alpha value is -3.65. The molecule has 0 saturated heterocycles. The largest absolute Gasteiger partial charge is 0.350 e. The van der Waals surface area contributed by atoms with Gasteiger partial charge in [0.1, 0.15) is 6.54 Å². The molecule has 3 rings (SSSR count). The van der Waals surface area contributed by atoms with Crippen LogP contribution in [0.1, 0.15) is 48.7 Å². The Labute approximate surface area is 213 Å². The summed E-state index contributed by atoms with van der Waals surface area (Å²) in [5, 5.41) is 5.64. The Kier molecular flexibility index (Phi) is 8.88. The van der Waals surface area contributed by atoms with Crippen LogP contribution in [-0.2, 0) is 21.2 Å². The van der Waals surface area contributed by atoms with E-state index in [4.69, 9.17) is 0 Å². The van der Waals surface area contributed by atoms with Gasteiger partial charge >= 0.3 is 0 Å². The van der Waals surface area contributed by atoms with Crippen LogP contribution in [0.3, 0.4) is 0 Å². The van der Waals surface area contributed by atoms with Crippen molar-refractivity contribution in [2.75, 3.05) is 16.2 Å². The number of nitrogens with one attached hydrogen (secondary N) is 2. The van der Waals surface area contributed by atoms with Crippen molar-refractivity contribution in [2.24, 2.45) is 0 Å². The molecule has 2 N–H and O–H groups in total. The van der Waals surface area contributed by atoms with Gasteiger partial charge in [0.25, 0.3) is 15.9 Å². The van der Waals surface area contributed by atoms with E-state index in [1.807, 2.05) is 39.8 Å². The fourth-order valence-electron chi connectivity index (χ4n) is 3.70. The van der Waals surface area contributed by atoms with Crippen molar-refractivity contribution < 1.29 is 18.0 Å². The second kappa shape index (κ2) is 11.9. The van der Waals surface area contributed by atoms with Gasteiger partial charge in [0.15, 0.2) is 0 Å². The molecule has 0 aliphatic rings. The summed E-state index contributed by atoms with van der Waals surface area (Å²) in [5.74, 6) is -0.860. The zero-order valence-electron chi connectivity index (χ0n) is 21.1. The number of benzene rings is 3. The number of amides is 2. The van der Waals surface area contributed by atoms with Crippen LogP contribution in [0.4, 0.5) is 11.4 Å². The molecule has 8 heteroatoms. The lowest BCUT2D eigenvalue weighted by Crippen LogP contribution is -2.39. The predicted octanol–water partition coefficient (Wildman–Crippen LogP) is 4.92. The molecule has 0 bridgehead atoms. The van der Waals surface area contributed by atoms with Crippen LogP contribution < -0.4 is 14.9 Å². The third-order valence-corrected chi connectivity index (χ3v) is 7.75. The fraction of sp³-hybridized carbons (Fsp3) is 0.286. The number of anilines is 2. The Balaban J connectivity index is 1.95. The Bertz CT molecular complexity index is 1320. The number of hydrogen-bond acceptors (Lipinski definition) is 4. The molecule has 0 spiro atoms. The van der Waals surface area contributed by atoms with Crippen molar-refractivity contribution in [1.82, 2.24) is 5.32 Å². The van der Waals surface area contributed by atoms with E-state index < -0.39 is 22.5 Å². The average Bonchev–Trinajstić information content (AvgIpc) is 2.87. The van der Waals surface area contributed by atoms with Crippen LogP contribution in [0.2, 0.25) is 0 Å². The van der Waals surface area contributed by atoms with Gasteiger partial charge in [-0.15, -0.1) is 0 Å². The van der Waals surface area contributed by atoms with Gasteiger partial charge in [-0.1, -0.05) is 61.9 Å². The van der Waals surface area contributed by atoms with Crippen molar-refractivity contribution in [3.05, 3.63) is 89.5 Å². The molecule has 3 aromatic carbocycles. The minimum absolute atomic E-state index is 0.0260. The van der Waals surface area contributed by atoms with Gasteiger partial charge in [0.05, 0.1) is 21.8 Å². The summed E-state index contributed by atoms with van der Waals surface area (Å²) in [7, 11) is -4.04. The molecular weight excluding hydrogens is 474 g/mol. The molecule has 1 atom stereocenters. The molecule has 0 fully saturated rings. The minimum Gasteiger partial charge on any atom is -0.350 e. The Morgan fingerprint density at radius 1 is 0.917 bits per heavy atom. The van der Waals surface area contributed by atoms with Gasteiger partial charge in [-0.05, 0) is 62.6 Å². The van der Waals surface area contributed by atoms with Gasteiger partial charge in [0.2, 0.25) is 5.91 Å². The lowest BCUT2D eigenvalue weighted by molar-refractivity contribution is -0.114. The number of rotatable bonds is 10. The van der Waals surface area contributed by atoms with Crippen LogP contribution >= 0.6 is 0 Å². The lowest BCUT2D eigenvalue weighted by atomic mass is 10.1. The molecule has 36 heavy (non-hydrogen) atoms. The maximum absolute atomic E-state index is 13.7. The first-order valence-corrected chi connectivity index (χ1v) is 13.5. The predicted molar refractivity (Wildman–Crippen MR) is 144 cm³/mol. The summed E-state index contributed by atoms with van der Waals surface area (Å²) < 4.78 is 28.6. The highest BCUT2D eigenvalue weighted by molar-refractivity contribution is 7.92. The van der Waals surface area contributed by atoms with Crippen LogP contribution in [-0.4, -0.2) is 32.8 Å². The van der Waals surface area contributed by atoms with Crippen LogP contribution in [0.25, 0.3) is 0 Å². The minimum atomic E-state index is -4.04. The first-order chi connectivity index (χ1) is 17.2. The van der Waals surface area contributed by atoms with E-state index in [2.05, 4.69) is 10.6 Å². The topological polar surface area (TPSA) is 95.6 Å². The van der Waals surface area contributed by atoms with Crippen molar-refractivity contribution >= 4 is 33.2 Å². The highest BCUT2D eigenvalue weighted by atomic mass is 32.2. The molecule has 0 radical (unpaired) electrons. The summed E-state index contributed by atoms with van der Waals surface area (Å²) in [5.41, 5.74) is 2.81.